The minimum absolute atomic E-state index is 0. The van der Waals surface area contributed by atoms with Crippen molar-refractivity contribution in [2.24, 2.45) is 5.73 Å². The molecule has 0 atom stereocenters. The Morgan fingerprint density at radius 2 is 1.75 bits per heavy atom. The third kappa shape index (κ3) is 6.04. The second-order valence-corrected chi connectivity index (χ2v) is 5.72. The molecule has 6 heteroatoms. The number of ether oxygens (including phenoxy) is 1. The monoisotopic (exact) mass is 368 g/mol. The van der Waals surface area contributed by atoms with Gasteiger partial charge in [-0.1, -0.05) is 23.7 Å². The molecule has 2 aromatic carbocycles. The number of nitrogens with two attached hydrogens (primary N) is 1. The fourth-order valence-corrected chi connectivity index (χ4v) is 2.25. The van der Waals surface area contributed by atoms with Gasteiger partial charge in [-0.25, -0.2) is 0 Å². The van der Waals surface area contributed by atoms with Gasteiger partial charge in [0.05, 0.1) is 6.61 Å². The molecule has 2 rings (SSSR count). The van der Waals surface area contributed by atoms with Crippen molar-refractivity contribution in [3.05, 3.63) is 64.7 Å². The number of nitrogens with zero attached hydrogens (tertiary/aromatic N) is 1. The van der Waals surface area contributed by atoms with Gasteiger partial charge in [-0.3, -0.25) is 4.79 Å². The molecule has 0 bridgehead atoms. The first kappa shape index (κ1) is 20.3. The minimum Gasteiger partial charge on any atom is -0.494 e. The smallest absolute Gasteiger partial charge is 0.253 e. The summed E-state index contributed by atoms with van der Waals surface area (Å²) in [5.74, 6) is 0.779. The van der Waals surface area contributed by atoms with Crippen LogP contribution in [0.2, 0.25) is 5.02 Å². The average Bonchev–Trinajstić information content (AvgIpc) is 2.59. The molecule has 0 fully saturated rings. The number of halogens is 2. The van der Waals surface area contributed by atoms with Crippen molar-refractivity contribution in [3.63, 3.8) is 0 Å². The molecule has 0 heterocycles. The molecule has 0 aromatic heterocycles. The lowest BCUT2D eigenvalue weighted by Gasteiger charge is -2.17. The van der Waals surface area contributed by atoms with E-state index in [4.69, 9.17) is 22.1 Å². The maximum atomic E-state index is 12.3. The van der Waals surface area contributed by atoms with E-state index in [1.165, 1.54) is 0 Å². The van der Waals surface area contributed by atoms with Gasteiger partial charge in [-0.05, 0) is 48.4 Å². The average molecular weight is 369 g/mol. The van der Waals surface area contributed by atoms with Gasteiger partial charge in [0.15, 0.2) is 0 Å². The van der Waals surface area contributed by atoms with E-state index in [-0.39, 0.29) is 18.3 Å². The molecular formula is C18H22Cl2N2O2. The fourth-order valence-electron chi connectivity index (χ4n) is 2.13. The van der Waals surface area contributed by atoms with Crippen LogP contribution < -0.4 is 10.5 Å². The molecule has 2 aromatic rings. The van der Waals surface area contributed by atoms with Crippen LogP contribution in [-0.2, 0) is 6.54 Å². The highest BCUT2D eigenvalue weighted by molar-refractivity contribution is 6.30. The van der Waals surface area contributed by atoms with Crippen LogP contribution in [0.3, 0.4) is 0 Å². The zero-order valence-electron chi connectivity index (χ0n) is 13.6. The molecule has 24 heavy (non-hydrogen) atoms. The zero-order chi connectivity index (χ0) is 16.7. The largest absolute Gasteiger partial charge is 0.494 e. The van der Waals surface area contributed by atoms with Gasteiger partial charge in [0.25, 0.3) is 5.91 Å². The highest BCUT2D eigenvalue weighted by Crippen LogP contribution is 2.15. The van der Waals surface area contributed by atoms with Gasteiger partial charge in [0.2, 0.25) is 0 Å². The highest BCUT2D eigenvalue weighted by atomic mass is 35.5. The summed E-state index contributed by atoms with van der Waals surface area (Å²) in [6, 6.07) is 14.6. The van der Waals surface area contributed by atoms with E-state index in [2.05, 4.69) is 0 Å². The summed E-state index contributed by atoms with van der Waals surface area (Å²) in [5.41, 5.74) is 7.24. The van der Waals surface area contributed by atoms with Crippen molar-refractivity contribution in [2.75, 3.05) is 20.2 Å². The van der Waals surface area contributed by atoms with E-state index in [0.717, 1.165) is 17.7 Å². The van der Waals surface area contributed by atoms with Crippen LogP contribution in [0.5, 0.6) is 5.75 Å². The van der Waals surface area contributed by atoms with E-state index in [0.29, 0.717) is 30.3 Å². The standard InChI is InChI=1S/C18H21ClN2O2.ClH/c1-21(18(22)15-5-3-14(13-20)4-6-15)11-2-12-23-17-9-7-16(19)8-10-17;/h3-10H,2,11-13,20H2,1H3;1H. The second kappa shape index (κ2) is 10.2. The molecule has 2 N–H and O–H groups in total. The van der Waals surface area contributed by atoms with Crippen LogP contribution >= 0.6 is 24.0 Å². The van der Waals surface area contributed by atoms with Gasteiger partial charge < -0.3 is 15.4 Å². The lowest BCUT2D eigenvalue weighted by atomic mass is 10.1. The summed E-state index contributed by atoms with van der Waals surface area (Å²) >= 11 is 5.82. The van der Waals surface area contributed by atoms with Crippen molar-refractivity contribution < 1.29 is 9.53 Å². The topological polar surface area (TPSA) is 55.6 Å². The Balaban J connectivity index is 0.00000288. The normalized spacial score (nSPS) is 9.96. The molecule has 0 radical (unpaired) electrons. The van der Waals surface area contributed by atoms with Gasteiger partial charge in [-0.15, -0.1) is 12.4 Å². The van der Waals surface area contributed by atoms with Crippen LogP contribution in [0.1, 0.15) is 22.3 Å². The quantitative estimate of drug-likeness (QED) is 0.756. The second-order valence-electron chi connectivity index (χ2n) is 5.28. The summed E-state index contributed by atoms with van der Waals surface area (Å²) in [5, 5.41) is 0.684. The van der Waals surface area contributed by atoms with Crippen molar-refractivity contribution in [1.82, 2.24) is 4.90 Å². The lowest BCUT2D eigenvalue weighted by Crippen LogP contribution is -2.28. The molecule has 1 amide bonds. The number of benzene rings is 2. The first-order chi connectivity index (χ1) is 11.1. The third-order valence-electron chi connectivity index (χ3n) is 3.50. The van der Waals surface area contributed by atoms with Crippen molar-refractivity contribution in [1.29, 1.82) is 0 Å². The van der Waals surface area contributed by atoms with Crippen LogP contribution in [0.15, 0.2) is 48.5 Å². The Hall–Kier alpha value is -1.75. The predicted octanol–water partition coefficient (Wildman–Crippen LogP) is 3.76. The Morgan fingerprint density at radius 3 is 2.33 bits per heavy atom. The Bertz CT molecular complexity index is 630. The summed E-state index contributed by atoms with van der Waals surface area (Å²) < 4.78 is 5.62. The summed E-state index contributed by atoms with van der Waals surface area (Å²) in [6.45, 7) is 1.66. The number of rotatable bonds is 7. The summed E-state index contributed by atoms with van der Waals surface area (Å²) in [4.78, 5) is 14.0. The highest BCUT2D eigenvalue weighted by Gasteiger charge is 2.11. The number of amides is 1. The number of hydrogen-bond donors (Lipinski definition) is 1. The molecular weight excluding hydrogens is 347 g/mol. The number of hydrogen-bond acceptors (Lipinski definition) is 3. The zero-order valence-corrected chi connectivity index (χ0v) is 15.1. The van der Waals surface area contributed by atoms with Crippen molar-refractivity contribution in [3.8, 4) is 5.75 Å². The van der Waals surface area contributed by atoms with Crippen molar-refractivity contribution in [2.45, 2.75) is 13.0 Å². The SMILES string of the molecule is CN(CCCOc1ccc(Cl)cc1)C(=O)c1ccc(CN)cc1.Cl. The Labute approximate surface area is 154 Å². The molecule has 4 nitrogen and oxygen atoms in total. The molecule has 130 valence electrons. The first-order valence-corrected chi connectivity index (χ1v) is 7.91. The van der Waals surface area contributed by atoms with Gasteiger partial charge in [0, 0.05) is 30.7 Å². The maximum absolute atomic E-state index is 12.3. The molecule has 0 spiro atoms. The fraction of sp³-hybridized carbons (Fsp3) is 0.278. The van der Waals surface area contributed by atoms with Gasteiger partial charge in [0.1, 0.15) is 5.75 Å². The van der Waals surface area contributed by atoms with E-state index in [9.17, 15) is 4.79 Å². The van der Waals surface area contributed by atoms with Gasteiger partial charge >= 0.3 is 0 Å². The first-order valence-electron chi connectivity index (χ1n) is 7.53. The molecule has 0 aliphatic carbocycles. The Kier molecular flexibility index (Phi) is 8.61. The van der Waals surface area contributed by atoms with Crippen LogP contribution in [0, 0.1) is 0 Å². The minimum atomic E-state index is 0. The lowest BCUT2D eigenvalue weighted by molar-refractivity contribution is 0.0788. The Morgan fingerprint density at radius 1 is 1.12 bits per heavy atom. The maximum Gasteiger partial charge on any atom is 0.253 e. The number of carbonyl (C=O) groups excluding carboxylic acids is 1. The molecule has 0 aliphatic heterocycles. The van der Waals surface area contributed by atoms with Gasteiger partial charge in [-0.2, -0.15) is 0 Å². The van der Waals surface area contributed by atoms with E-state index in [1.807, 2.05) is 36.4 Å². The van der Waals surface area contributed by atoms with E-state index < -0.39 is 0 Å². The number of carbonyl (C=O) groups is 1. The van der Waals surface area contributed by atoms with Crippen LogP contribution in [0.25, 0.3) is 0 Å². The molecule has 0 saturated carbocycles. The molecule has 0 saturated heterocycles. The van der Waals surface area contributed by atoms with Crippen LogP contribution in [-0.4, -0.2) is 31.0 Å². The van der Waals surface area contributed by atoms with E-state index >= 15 is 0 Å². The van der Waals surface area contributed by atoms with Crippen molar-refractivity contribution >= 4 is 29.9 Å². The van der Waals surface area contributed by atoms with E-state index in [1.54, 1.807) is 24.1 Å². The molecule has 0 aliphatic rings. The summed E-state index contributed by atoms with van der Waals surface area (Å²) in [6.07, 6.45) is 0.756. The molecule has 0 unspecified atom stereocenters. The third-order valence-corrected chi connectivity index (χ3v) is 3.76. The summed E-state index contributed by atoms with van der Waals surface area (Å²) in [7, 11) is 1.79. The predicted molar refractivity (Wildman–Crippen MR) is 100 cm³/mol. The van der Waals surface area contributed by atoms with Crippen LogP contribution in [0.4, 0.5) is 0 Å².